The van der Waals surface area contributed by atoms with Crippen molar-refractivity contribution in [3.63, 3.8) is 0 Å². The van der Waals surface area contributed by atoms with Crippen molar-refractivity contribution in [3.05, 3.63) is 392 Å². The van der Waals surface area contributed by atoms with E-state index in [4.69, 9.17) is 28.1 Å². The van der Waals surface area contributed by atoms with Crippen molar-refractivity contribution in [2.45, 2.75) is 95.9 Å². The van der Waals surface area contributed by atoms with Crippen molar-refractivity contribution in [2.24, 2.45) is 0 Å². The molecule has 12 aromatic carbocycles. The van der Waals surface area contributed by atoms with Crippen LogP contribution in [0.1, 0.15) is 97.4 Å². The van der Waals surface area contributed by atoms with Gasteiger partial charge >= 0.3 is 0 Å². The van der Waals surface area contributed by atoms with Crippen LogP contribution in [0.25, 0.3) is 148 Å². The van der Waals surface area contributed by atoms with Crippen molar-refractivity contribution in [1.82, 2.24) is 47.3 Å². The minimum atomic E-state index is 0. The molecule has 8 heterocycles. The summed E-state index contributed by atoms with van der Waals surface area (Å²) in [5, 5.41) is 38.2. The van der Waals surface area contributed by atoms with Crippen molar-refractivity contribution < 1.29 is 80.4 Å². The van der Waals surface area contributed by atoms with Crippen LogP contribution in [0.2, 0.25) is 0 Å². The van der Waals surface area contributed by atoms with E-state index in [0.717, 1.165) is 191 Å². The smallest absolute Gasteiger partial charge is 0.277 e. The number of allylic oxidation sites excluding steroid dienone is 1. The largest absolute Gasteiger partial charge is 0.360 e. The van der Waals surface area contributed by atoms with Crippen LogP contribution < -0.4 is 0 Å². The van der Waals surface area contributed by atoms with E-state index in [2.05, 4.69) is 261 Å². The number of hydrogen-bond acceptors (Lipinski definition) is 8. The predicted octanol–water partition coefficient (Wildman–Crippen LogP) is 25.9. The van der Waals surface area contributed by atoms with Gasteiger partial charge in [-0.3, -0.25) is 24.8 Å². The van der Waals surface area contributed by atoms with Crippen LogP contribution in [0.4, 0.5) is 11.5 Å². The molecule has 0 fully saturated rings. The van der Waals surface area contributed by atoms with Crippen molar-refractivity contribution >= 4 is 93.5 Å². The Morgan fingerprint density at radius 1 is 0.402 bits per heavy atom. The molecule has 0 bridgehead atoms. The maximum atomic E-state index is 9.93. The number of nitriles is 3. The van der Waals surface area contributed by atoms with Gasteiger partial charge in [0, 0.05) is 150 Å². The first kappa shape index (κ1) is 92.7. The summed E-state index contributed by atoms with van der Waals surface area (Å²) in [6.45, 7) is 44.0. The number of hydrogen-bond donors (Lipinski definition) is 0. The molecule has 19 heteroatoms. The molecule has 4 radical (unpaired) electrons. The quantitative estimate of drug-likeness (QED) is 0.0782. The van der Waals surface area contributed by atoms with E-state index in [-0.39, 0.29) is 80.4 Å². The normalized spacial score (nSPS) is 10.6. The number of nitrogens with zero attached hydrogens (tertiary/aromatic N) is 15. The van der Waals surface area contributed by atoms with Crippen LogP contribution in [0, 0.1) is 154 Å². The van der Waals surface area contributed by atoms with Gasteiger partial charge in [-0.05, 0) is 161 Å². The number of imidazole rings is 5. The molecule has 15 nitrogen and oxygen atoms in total. The monoisotopic (exact) mass is 2360 g/mol. The van der Waals surface area contributed by atoms with Crippen LogP contribution in [0.5, 0.6) is 0 Å². The van der Waals surface area contributed by atoms with E-state index in [1.165, 1.54) is 33.5 Å². The molecule has 0 amide bonds. The maximum absolute atomic E-state index is 9.93. The molecule has 0 N–H and O–H groups in total. The van der Waals surface area contributed by atoms with E-state index >= 15 is 0 Å². The molecule has 0 aliphatic carbocycles. The van der Waals surface area contributed by atoms with Gasteiger partial charge in [0.1, 0.15) is 29.6 Å². The van der Waals surface area contributed by atoms with Crippen molar-refractivity contribution in [3.8, 4) is 74.9 Å². The van der Waals surface area contributed by atoms with Gasteiger partial charge in [0.15, 0.2) is 17.2 Å². The van der Waals surface area contributed by atoms with E-state index in [9.17, 15) is 15.8 Å². The summed E-state index contributed by atoms with van der Waals surface area (Å²) in [6, 6.07) is 100.0. The summed E-state index contributed by atoms with van der Waals surface area (Å²) in [6.07, 6.45) is 5.34. The fraction of sp³-hybridized carbons (Fsp3) is 0.130. The Balaban J connectivity index is 0.000000144. The second-order valence-corrected chi connectivity index (χ2v) is 30.9. The van der Waals surface area contributed by atoms with E-state index in [1.807, 2.05) is 150 Å². The minimum absolute atomic E-state index is 0. The zero-order valence-electron chi connectivity index (χ0n) is 71.8. The van der Waals surface area contributed by atoms with Crippen LogP contribution in [-0.2, 0) is 86.8 Å². The molecule has 0 aliphatic rings. The average molecular weight is 2360 g/mol. The maximum Gasteiger partial charge on any atom is 0.277 e. The topological polar surface area (TPSA) is 168 Å². The summed E-state index contributed by atoms with van der Waals surface area (Å²) >= 11 is 0. The third-order valence-corrected chi connectivity index (χ3v) is 22.5. The Labute approximate surface area is 793 Å². The van der Waals surface area contributed by atoms with Gasteiger partial charge in [-0.15, -0.1) is 143 Å². The Bertz CT molecular complexity index is 7800. The molecule has 0 aliphatic heterocycles. The fourth-order valence-electron chi connectivity index (χ4n) is 17.3. The van der Waals surface area contributed by atoms with Gasteiger partial charge in [0.25, 0.3) is 5.82 Å². The van der Waals surface area contributed by atoms with E-state index in [0.29, 0.717) is 28.6 Å². The second-order valence-electron chi connectivity index (χ2n) is 30.9. The Kier molecular flexibility index (Phi) is 29.0. The molecule has 8 aromatic heterocycles. The SMILES string of the molecule is Cc1cc(C)c(-c2c(C#N)nc3c4[c-]cccc4c4ccccc4n23)c(C)c1.Cc1cccc(C)c1-c1c(C#N)nc2c3[c-]cccc3c3ccccc3n12.Cc1cccc(C)c1-n1cc(C#N)nc1-c1[c-]cccc1.[C-]#[N+]c1cc[c-]c2c1c1ccccc1n1c(CC(=C)CC)c(C)nc21.[C-]#[N+]c1cn(-c2c(C)cc(C)cc2C)c(-c2[c-]cccc2)n1.[Ir].[Ir].[Ir].[Ir]. The molecule has 630 valence electrons. The Morgan fingerprint density at radius 2 is 0.827 bits per heavy atom. The van der Waals surface area contributed by atoms with Gasteiger partial charge in [-0.1, -0.05) is 174 Å². The van der Waals surface area contributed by atoms with Crippen LogP contribution >= 0.6 is 0 Å². The van der Waals surface area contributed by atoms with Crippen LogP contribution in [0.3, 0.4) is 0 Å². The summed E-state index contributed by atoms with van der Waals surface area (Å²) in [7, 11) is 0. The minimum Gasteiger partial charge on any atom is -0.360 e. The number of rotatable bonds is 9. The van der Waals surface area contributed by atoms with Gasteiger partial charge in [0.05, 0.1) is 40.7 Å². The number of aryl methyl sites for hydroxylation is 11. The van der Waals surface area contributed by atoms with E-state index < -0.39 is 0 Å². The summed E-state index contributed by atoms with van der Waals surface area (Å²) in [5.41, 5.74) is 30.4. The van der Waals surface area contributed by atoms with E-state index in [1.54, 1.807) is 12.4 Å². The standard InChI is InChI=1S/C25H18N3.C24H16N3.C22H18N3.C19H16N3.C18H14N3.4Ir/c1-15-12-16(2)23(17(3)13-15)24-21(14-26)27-25-20-10-5-4-8-18(20)19-9-6-7-11-22(19)28(24)25;1-15-8-7-9-16(2)22(15)23-20(14-25)26-24-19-12-4-3-10-17(19)18-11-5-6-13-21(18)27(23)24;1-5-14(2)13-20-15(3)24-22-17-10-8-11-18(23-4)21(17)16-9-6-7-12-19(16)25(20)22;1-13-10-14(2)18(15(3)11-13)22-12-17(20-4)21-19(22)16-8-6-5-7-9-16;1-13-7-6-8-14(2)17(13)21-12-16(11-19)20-18(21)15-9-4-3-5-10-15;;;;/h4-9,11-13H,1-3H3;3-11,13H,1-2H3;6-9,11-12H,2,5,13H2,1,3H3;5-8,10-12H,1-3H3;3-9,12H,1-2H3;;;;/q5*-1;;;;. The molecule has 0 atom stereocenters. The zero-order valence-corrected chi connectivity index (χ0v) is 81.3. The van der Waals surface area contributed by atoms with Crippen LogP contribution in [0.15, 0.2) is 255 Å². The number of aromatic nitrogens is 10. The molecule has 20 aromatic rings. The van der Waals surface area contributed by atoms with Gasteiger partial charge in [-0.25, -0.2) is 0 Å². The Morgan fingerprint density at radius 3 is 1.31 bits per heavy atom. The van der Waals surface area contributed by atoms with Crippen molar-refractivity contribution in [2.75, 3.05) is 0 Å². The second kappa shape index (κ2) is 39.8. The molecule has 0 saturated heterocycles. The molecular formula is C108H82Ir4N15-5. The third-order valence-electron chi connectivity index (χ3n) is 22.5. The first-order chi connectivity index (χ1) is 59.7. The fourth-order valence-corrected chi connectivity index (χ4v) is 17.3. The molecule has 20 rings (SSSR count). The first-order valence-electron chi connectivity index (χ1n) is 40.5. The molecular weight excluding hydrogens is 2280 g/mol. The first-order valence-corrected chi connectivity index (χ1v) is 40.5. The van der Waals surface area contributed by atoms with Gasteiger partial charge in [-0.2, -0.15) is 26.8 Å². The summed E-state index contributed by atoms with van der Waals surface area (Å²) in [5.74, 6) is 1.89. The predicted molar refractivity (Wildman–Crippen MR) is 496 cm³/mol. The molecule has 0 unspecified atom stereocenters. The zero-order chi connectivity index (χ0) is 86.0. The Hall–Kier alpha value is -13.5. The average Bonchev–Trinajstić information content (AvgIpc) is 1.60. The van der Waals surface area contributed by atoms with Crippen LogP contribution in [-0.4, -0.2) is 47.3 Å². The van der Waals surface area contributed by atoms with Crippen molar-refractivity contribution in [1.29, 1.82) is 15.8 Å². The third kappa shape index (κ3) is 17.6. The number of fused-ring (bicyclic) bond motifs is 18. The van der Waals surface area contributed by atoms with Gasteiger partial charge < -0.3 is 27.2 Å². The summed E-state index contributed by atoms with van der Waals surface area (Å²) < 4.78 is 10.5. The number of pyridine rings is 3. The molecule has 0 saturated carbocycles. The summed E-state index contributed by atoms with van der Waals surface area (Å²) in [4.78, 5) is 30.4. The number of para-hydroxylation sites is 4. The van der Waals surface area contributed by atoms with Gasteiger partial charge in [0.2, 0.25) is 0 Å². The number of benzene rings is 12. The molecule has 127 heavy (non-hydrogen) atoms. The molecule has 0 spiro atoms.